The number of ether oxygens (including phenoxy) is 1. The zero-order valence-electron chi connectivity index (χ0n) is 18.7. The lowest BCUT2D eigenvalue weighted by Crippen LogP contribution is -2.33. The molecule has 0 aliphatic heterocycles. The van der Waals surface area contributed by atoms with Gasteiger partial charge in [-0.2, -0.15) is 0 Å². The van der Waals surface area contributed by atoms with Crippen LogP contribution in [0.15, 0.2) is 52.2 Å². The first-order chi connectivity index (χ1) is 14.6. The third kappa shape index (κ3) is 4.84. The second-order valence-corrected chi connectivity index (χ2v) is 9.93. The van der Waals surface area contributed by atoms with Gasteiger partial charge in [0.2, 0.25) is 10.0 Å². The first kappa shape index (κ1) is 23.1. The average Bonchev–Trinajstić information content (AvgIpc) is 2.98. The molecule has 1 aromatic heterocycles. The summed E-state index contributed by atoms with van der Waals surface area (Å²) in [4.78, 5) is 15.1. The van der Waals surface area contributed by atoms with Gasteiger partial charge in [0.15, 0.2) is 0 Å². The van der Waals surface area contributed by atoms with E-state index >= 15 is 0 Å². The van der Waals surface area contributed by atoms with Crippen LogP contribution in [-0.2, 0) is 23.2 Å². The second kappa shape index (κ2) is 9.25. The van der Waals surface area contributed by atoms with Crippen molar-refractivity contribution >= 4 is 21.1 Å². The SMILES string of the molecule is CCn1c(=O)n(CN(C)CCOc2cccc(C)c2)c2cc(S(=O)(=O)N(C)C)ccc21. The summed E-state index contributed by atoms with van der Waals surface area (Å²) in [5.74, 6) is 0.812. The van der Waals surface area contributed by atoms with E-state index in [4.69, 9.17) is 4.74 Å². The predicted molar refractivity (Wildman–Crippen MR) is 122 cm³/mol. The van der Waals surface area contributed by atoms with Gasteiger partial charge in [0.05, 0.1) is 22.6 Å². The van der Waals surface area contributed by atoms with Crippen molar-refractivity contribution in [3.8, 4) is 5.75 Å². The molecule has 0 saturated carbocycles. The van der Waals surface area contributed by atoms with Gasteiger partial charge in [0.25, 0.3) is 0 Å². The Kier molecular flexibility index (Phi) is 6.88. The number of likely N-dealkylation sites (N-methyl/N-ethyl adjacent to an activating group) is 1. The molecule has 3 rings (SSSR count). The highest BCUT2D eigenvalue weighted by Gasteiger charge is 2.21. The summed E-state index contributed by atoms with van der Waals surface area (Å²) in [7, 11) is 1.29. The molecule has 31 heavy (non-hydrogen) atoms. The van der Waals surface area contributed by atoms with Gasteiger partial charge < -0.3 is 4.74 Å². The van der Waals surface area contributed by atoms with Gasteiger partial charge in [-0.05, 0) is 56.8 Å². The van der Waals surface area contributed by atoms with Crippen LogP contribution in [0.1, 0.15) is 12.5 Å². The molecule has 0 fully saturated rings. The van der Waals surface area contributed by atoms with E-state index in [2.05, 4.69) is 0 Å². The van der Waals surface area contributed by atoms with Crippen molar-refractivity contribution in [2.75, 3.05) is 34.3 Å². The molecular weight excluding hydrogens is 416 g/mol. The smallest absolute Gasteiger partial charge is 0.330 e. The molecule has 1 heterocycles. The lowest BCUT2D eigenvalue weighted by atomic mass is 10.2. The molecule has 0 radical (unpaired) electrons. The van der Waals surface area contributed by atoms with Crippen LogP contribution in [0, 0.1) is 6.92 Å². The summed E-state index contributed by atoms with van der Waals surface area (Å²) in [6.45, 7) is 5.82. The zero-order valence-corrected chi connectivity index (χ0v) is 19.5. The van der Waals surface area contributed by atoms with Gasteiger partial charge in [0, 0.05) is 27.2 Å². The van der Waals surface area contributed by atoms with Gasteiger partial charge in [-0.15, -0.1) is 0 Å². The largest absolute Gasteiger partial charge is 0.492 e. The maximum atomic E-state index is 13.0. The van der Waals surface area contributed by atoms with E-state index in [1.54, 1.807) is 27.3 Å². The van der Waals surface area contributed by atoms with E-state index in [1.807, 2.05) is 50.1 Å². The number of sulfonamides is 1. The lowest BCUT2D eigenvalue weighted by molar-refractivity contribution is 0.206. The van der Waals surface area contributed by atoms with Gasteiger partial charge in [-0.25, -0.2) is 17.5 Å². The summed E-state index contributed by atoms with van der Waals surface area (Å²) >= 11 is 0. The molecule has 0 spiro atoms. The predicted octanol–water partition coefficient (Wildman–Crippen LogP) is 2.35. The third-order valence-corrected chi connectivity index (χ3v) is 7.01. The number of rotatable bonds is 9. The maximum absolute atomic E-state index is 13.0. The summed E-state index contributed by atoms with van der Waals surface area (Å²) in [5, 5.41) is 0. The molecule has 0 amide bonds. The Balaban J connectivity index is 1.84. The van der Waals surface area contributed by atoms with Gasteiger partial charge >= 0.3 is 5.69 Å². The maximum Gasteiger partial charge on any atom is 0.330 e. The van der Waals surface area contributed by atoms with Crippen molar-refractivity contribution in [2.45, 2.75) is 32.0 Å². The Morgan fingerprint density at radius 1 is 1.00 bits per heavy atom. The highest BCUT2D eigenvalue weighted by atomic mass is 32.2. The number of imidazole rings is 1. The fourth-order valence-electron chi connectivity index (χ4n) is 3.45. The van der Waals surface area contributed by atoms with Crippen LogP contribution in [0.2, 0.25) is 0 Å². The Morgan fingerprint density at radius 2 is 1.74 bits per heavy atom. The molecule has 0 aliphatic carbocycles. The highest BCUT2D eigenvalue weighted by Crippen LogP contribution is 2.21. The average molecular weight is 447 g/mol. The number of aromatic nitrogens is 2. The summed E-state index contributed by atoms with van der Waals surface area (Å²) in [6, 6.07) is 12.7. The molecule has 0 saturated heterocycles. The van der Waals surface area contributed by atoms with Crippen LogP contribution in [0.3, 0.4) is 0 Å². The van der Waals surface area contributed by atoms with Crippen molar-refractivity contribution < 1.29 is 13.2 Å². The monoisotopic (exact) mass is 446 g/mol. The number of hydrogen-bond donors (Lipinski definition) is 0. The normalized spacial score (nSPS) is 12.2. The van der Waals surface area contributed by atoms with Crippen molar-refractivity contribution in [3.63, 3.8) is 0 Å². The molecule has 0 bridgehead atoms. The minimum atomic E-state index is -3.60. The van der Waals surface area contributed by atoms with Crippen LogP contribution < -0.4 is 10.4 Å². The van der Waals surface area contributed by atoms with Crippen molar-refractivity contribution in [2.24, 2.45) is 0 Å². The summed E-state index contributed by atoms with van der Waals surface area (Å²) < 4.78 is 35.4. The van der Waals surface area contributed by atoms with Crippen molar-refractivity contribution in [1.82, 2.24) is 18.3 Å². The molecule has 0 N–H and O–H groups in total. The Morgan fingerprint density at radius 3 is 2.39 bits per heavy atom. The lowest BCUT2D eigenvalue weighted by Gasteiger charge is -2.18. The van der Waals surface area contributed by atoms with Crippen LogP contribution in [0.4, 0.5) is 0 Å². The molecule has 168 valence electrons. The molecular formula is C22H30N4O4S. The minimum absolute atomic E-state index is 0.164. The fraction of sp³-hybridized carbons (Fsp3) is 0.409. The van der Waals surface area contributed by atoms with Crippen LogP contribution in [-0.4, -0.2) is 61.1 Å². The first-order valence-electron chi connectivity index (χ1n) is 10.2. The Labute approximate surface area is 183 Å². The van der Waals surface area contributed by atoms with E-state index < -0.39 is 10.0 Å². The molecule has 3 aromatic rings. The molecule has 9 heteroatoms. The molecule has 8 nitrogen and oxygen atoms in total. The summed E-state index contributed by atoms with van der Waals surface area (Å²) in [5.41, 5.74) is 2.28. The molecule has 2 aromatic carbocycles. The number of aryl methyl sites for hydroxylation is 2. The van der Waals surface area contributed by atoms with E-state index in [1.165, 1.54) is 18.4 Å². The van der Waals surface area contributed by atoms with Crippen molar-refractivity contribution in [1.29, 1.82) is 0 Å². The van der Waals surface area contributed by atoms with Gasteiger partial charge in [0.1, 0.15) is 12.4 Å². The van der Waals surface area contributed by atoms with E-state index in [9.17, 15) is 13.2 Å². The van der Waals surface area contributed by atoms with E-state index in [0.717, 1.165) is 16.8 Å². The Hall–Kier alpha value is -2.62. The molecule has 0 atom stereocenters. The molecule has 0 aliphatic rings. The highest BCUT2D eigenvalue weighted by molar-refractivity contribution is 7.89. The standard InChI is InChI=1S/C22H30N4O4S/c1-6-25-20-11-10-19(31(28,29)23(3)4)15-21(20)26(22(25)27)16-24(5)12-13-30-18-9-7-8-17(2)14-18/h7-11,14-15H,6,12-13,16H2,1-5H3. The quantitative estimate of drug-likeness (QED) is 0.504. The number of nitrogens with zero attached hydrogens (tertiary/aromatic N) is 4. The number of hydrogen-bond acceptors (Lipinski definition) is 5. The van der Waals surface area contributed by atoms with Crippen LogP contribution in [0.5, 0.6) is 5.75 Å². The molecule has 0 unspecified atom stereocenters. The number of fused-ring (bicyclic) bond motifs is 1. The summed E-state index contributed by atoms with van der Waals surface area (Å²) in [6.07, 6.45) is 0. The Bertz CT molecular complexity index is 1230. The first-order valence-corrected chi connectivity index (χ1v) is 11.6. The van der Waals surface area contributed by atoms with Crippen LogP contribution in [0.25, 0.3) is 11.0 Å². The number of benzene rings is 2. The van der Waals surface area contributed by atoms with Crippen molar-refractivity contribution in [3.05, 3.63) is 58.5 Å². The van der Waals surface area contributed by atoms with Gasteiger partial charge in [-0.1, -0.05) is 12.1 Å². The zero-order chi connectivity index (χ0) is 22.8. The fourth-order valence-corrected chi connectivity index (χ4v) is 4.37. The second-order valence-electron chi connectivity index (χ2n) is 7.78. The van der Waals surface area contributed by atoms with E-state index in [-0.39, 0.29) is 10.6 Å². The van der Waals surface area contributed by atoms with Gasteiger partial charge in [-0.3, -0.25) is 14.0 Å². The topological polar surface area (TPSA) is 76.8 Å². The van der Waals surface area contributed by atoms with Crippen LogP contribution >= 0.6 is 0 Å². The third-order valence-electron chi connectivity index (χ3n) is 5.20. The van der Waals surface area contributed by atoms with E-state index in [0.29, 0.717) is 31.9 Å². The minimum Gasteiger partial charge on any atom is -0.492 e.